The number of thioether (sulfide) groups is 1. The SMILES string of the molecule is O=C(CSc1nnc(-c2ccccc2)n1-c1ccccc1)NN=Cc1ccc(C(=O)O)cc1. The highest BCUT2D eigenvalue weighted by molar-refractivity contribution is 7.99. The van der Waals surface area contributed by atoms with Crippen LogP contribution < -0.4 is 5.43 Å². The maximum Gasteiger partial charge on any atom is 0.335 e. The molecule has 0 aliphatic rings. The molecule has 0 saturated carbocycles. The fraction of sp³-hybridized carbons (Fsp3) is 0.0417. The summed E-state index contributed by atoms with van der Waals surface area (Å²) in [5.74, 6) is -0.521. The van der Waals surface area contributed by atoms with Crippen molar-refractivity contribution in [1.82, 2.24) is 20.2 Å². The number of aromatic carboxylic acids is 1. The van der Waals surface area contributed by atoms with Crippen LogP contribution in [0.4, 0.5) is 0 Å². The molecule has 3 aromatic carbocycles. The van der Waals surface area contributed by atoms with Gasteiger partial charge in [0.05, 0.1) is 17.5 Å². The molecule has 4 rings (SSSR count). The molecule has 1 heterocycles. The Morgan fingerprint density at radius 3 is 2.27 bits per heavy atom. The zero-order chi connectivity index (χ0) is 23.0. The molecule has 9 heteroatoms. The van der Waals surface area contributed by atoms with Crippen molar-refractivity contribution in [3.8, 4) is 17.1 Å². The number of benzene rings is 3. The summed E-state index contributed by atoms with van der Waals surface area (Å²) in [5, 5.41) is 22.1. The number of aromatic nitrogens is 3. The summed E-state index contributed by atoms with van der Waals surface area (Å²) in [5.41, 5.74) is 5.14. The van der Waals surface area contributed by atoms with E-state index in [-0.39, 0.29) is 17.2 Å². The Labute approximate surface area is 194 Å². The van der Waals surface area contributed by atoms with Gasteiger partial charge >= 0.3 is 5.97 Å². The largest absolute Gasteiger partial charge is 0.478 e. The molecule has 0 atom stereocenters. The van der Waals surface area contributed by atoms with Crippen molar-refractivity contribution in [3.63, 3.8) is 0 Å². The molecule has 4 aromatic rings. The highest BCUT2D eigenvalue weighted by Gasteiger charge is 2.17. The third-order valence-electron chi connectivity index (χ3n) is 4.57. The van der Waals surface area contributed by atoms with Crippen LogP contribution in [0.15, 0.2) is 95.2 Å². The van der Waals surface area contributed by atoms with Crippen LogP contribution in [0.25, 0.3) is 17.1 Å². The van der Waals surface area contributed by atoms with E-state index in [1.165, 1.54) is 30.1 Å². The van der Waals surface area contributed by atoms with Crippen molar-refractivity contribution in [3.05, 3.63) is 96.1 Å². The average Bonchev–Trinajstić information content (AvgIpc) is 3.28. The van der Waals surface area contributed by atoms with E-state index in [0.717, 1.165) is 11.3 Å². The summed E-state index contributed by atoms with van der Waals surface area (Å²) in [6.07, 6.45) is 1.45. The van der Waals surface area contributed by atoms with Gasteiger partial charge in [0.25, 0.3) is 5.91 Å². The van der Waals surface area contributed by atoms with E-state index in [9.17, 15) is 9.59 Å². The van der Waals surface area contributed by atoms with E-state index in [2.05, 4.69) is 20.7 Å². The molecule has 0 aliphatic carbocycles. The molecule has 0 saturated heterocycles. The summed E-state index contributed by atoms with van der Waals surface area (Å²) < 4.78 is 1.92. The van der Waals surface area contributed by atoms with Crippen LogP contribution in [-0.4, -0.2) is 43.7 Å². The lowest BCUT2D eigenvalue weighted by Crippen LogP contribution is -2.20. The Morgan fingerprint density at radius 2 is 1.61 bits per heavy atom. The summed E-state index contributed by atoms with van der Waals surface area (Å²) in [6, 6.07) is 25.6. The number of amides is 1. The average molecular weight is 458 g/mol. The van der Waals surface area contributed by atoms with E-state index in [0.29, 0.717) is 16.5 Å². The third kappa shape index (κ3) is 5.52. The predicted octanol–water partition coefficient (Wildman–Crippen LogP) is 3.87. The van der Waals surface area contributed by atoms with Gasteiger partial charge in [-0.15, -0.1) is 10.2 Å². The standard InChI is InChI=1S/C24H19N5O3S/c30-21(26-25-15-17-11-13-19(14-12-17)23(31)32)16-33-24-28-27-22(18-7-3-1-4-8-18)29(24)20-9-5-2-6-10-20/h1-15H,16H2,(H,26,30)(H,31,32). The summed E-state index contributed by atoms with van der Waals surface area (Å²) in [7, 11) is 0. The van der Waals surface area contributed by atoms with E-state index in [4.69, 9.17) is 5.11 Å². The van der Waals surface area contributed by atoms with Gasteiger partial charge in [-0.25, -0.2) is 10.2 Å². The quantitative estimate of drug-likeness (QED) is 0.236. The van der Waals surface area contributed by atoms with Gasteiger partial charge in [-0.1, -0.05) is 72.4 Å². The smallest absolute Gasteiger partial charge is 0.335 e. The van der Waals surface area contributed by atoms with Crippen molar-refractivity contribution in [1.29, 1.82) is 0 Å². The van der Waals surface area contributed by atoms with Crippen LogP contribution in [0.1, 0.15) is 15.9 Å². The lowest BCUT2D eigenvalue weighted by Gasteiger charge is -2.10. The van der Waals surface area contributed by atoms with Gasteiger partial charge in [0, 0.05) is 11.3 Å². The van der Waals surface area contributed by atoms with Gasteiger partial charge in [-0.05, 0) is 29.8 Å². The number of hydrazone groups is 1. The number of carboxylic acid groups (broad SMARTS) is 1. The number of rotatable bonds is 8. The minimum Gasteiger partial charge on any atom is -0.478 e. The first kappa shape index (κ1) is 22.0. The number of nitrogens with one attached hydrogen (secondary N) is 1. The number of carboxylic acids is 1. The van der Waals surface area contributed by atoms with Crippen LogP contribution in [-0.2, 0) is 4.79 Å². The molecule has 1 amide bonds. The molecule has 164 valence electrons. The fourth-order valence-corrected chi connectivity index (χ4v) is 3.74. The van der Waals surface area contributed by atoms with Gasteiger partial charge in [0.1, 0.15) is 0 Å². The first-order valence-corrected chi connectivity index (χ1v) is 10.9. The van der Waals surface area contributed by atoms with E-state index >= 15 is 0 Å². The molecule has 0 fully saturated rings. The number of nitrogens with zero attached hydrogens (tertiary/aromatic N) is 4. The van der Waals surface area contributed by atoms with E-state index in [1.54, 1.807) is 12.1 Å². The van der Waals surface area contributed by atoms with E-state index in [1.807, 2.05) is 65.2 Å². The number of hydrogen-bond donors (Lipinski definition) is 2. The second-order valence-electron chi connectivity index (χ2n) is 6.85. The van der Waals surface area contributed by atoms with Gasteiger partial charge in [-0.2, -0.15) is 5.10 Å². The molecule has 33 heavy (non-hydrogen) atoms. The monoisotopic (exact) mass is 457 g/mol. The second kappa shape index (κ2) is 10.4. The Hall–Kier alpha value is -4.24. The highest BCUT2D eigenvalue weighted by Crippen LogP contribution is 2.27. The molecular weight excluding hydrogens is 438 g/mol. The van der Waals surface area contributed by atoms with E-state index < -0.39 is 5.97 Å². The summed E-state index contributed by atoms with van der Waals surface area (Å²) >= 11 is 1.26. The molecule has 0 unspecified atom stereocenters. The van der Waals surface area contributed by atoms with Crippen LogP contribution >= 0.6 is 11.8 Å². The van der Waals surface area contributed by atoms with Gasteiger partial charge in [0.15, 0.2) is 11.0 Å². The molecule has 0 aliphatic heterocycles. The Balaban J connectivity index is 1.44. The van der Waals surface area contributed by atoms with Gasteiger partial charge in [-0.3, -0.25) is 9.36 Å². The first-order valence-electron chi connectivity index (χ1n) is 9.96. The molecule has 0 bridgehead atoms. The topological polar surface area (TPSA) is 109 Å². The van der Waals surface area contributed by atoms with Crippen LogP contribution in [0.2, 0.25) is 0 Å². The van der Waals surface area contributed by atoms with Gasteiger partial charge in [0.2, 0.25) is 0 Å². The molecule has 1 aromatic heterocycles. The van der Waals surface area contributed by atoms with Crippen LogP contribution in [0.5, 0.6) is 0 Å². The Bertz CT molecular complexity index is 1270. The molecule has 0 spiro atoms. The molecule has 2 N–H and O–H groups in total. The molecule has 0 radical (unpaired) electrons. The molecular formula is C24H19N5O3S. The lowest BCUT2D eigenvalue weighted by molar-refractivity contribution is -0.118. The Morgan fingerprint density at radius 1 is 0.939 bits per heavy atom. The number of carbonyl (C=O) groups excluding carboxylic acids is 1. The Kier molecular flexibility index (Phi) is 6.91. The van der Waals surface area contributed by atoms with Crippen molar-refractivity contribution >= 4 is 29.9 Å². The summed E-state index contributed by atoms with van der Waals surface area (Å²) in [4.78, 5) is 23.2. The summed E-state index contributed by atoms with van der Waals surface area (Å²) in [6.45, 7) is 0. The number of para-hydroxylation sites is 1. The van der Waals surface area contributed by atoms with Crippen molar-refractivity contribution < 1.29 is 14.7 Å². The van der Waals surface area contributed by atoms with Crippen LogP contribution in [0, 0.1) is 0 Å². The molecule has 8 nitrogen and oxygen atoms in total. The van der Waals surface area contributed by atoms with Crippen molar-refractivity contribution in [2.24, 2.45) is 5.10 Å². The number of hydrogen-bond acceptors (Lipinski definition) is 6. The van der Waals surface area contributed by atoms with Gasteiger partial charge < -0.3 is 5.11 Å². The zero-order valence-electron chi connectivity index (χ0n) is 17.3. The maximum atomic E-state index is 12.3. The zero-order valence-corrected chi connectivity index (χ0v) is 18.1. The lowest BCUT2D eigenvalue weighted by atomic mass is 10.1. The predicted molar refractivity (Wildman–Crippen MR) is 127 cm³/mol. The fourth-order valence-electron chi connectivity index (χ4n) is 3.00. The first-order chi connectivity index (χ1) is 16.1. The number of carbonyl (C=O) groups is 2. The maximum absolute atomic E-state index is 12.3. The highest BCUT2D eigenvalue weighted by atomic mass is 32.2. The normalized spacial score (nSPS) is 10.9. The van der Waals surface area contributed by atoms with Crippen molar-refractivity contribution in [2.45, 2.75) is 5.16 Å². The van der Waals surface area contributed by atoms with Crippen molar-refractivity contribution in [2.75, 3.05) is 5.75 Å². The minimum atomic E-state index is -0.998. The third-order valence-corrected chi connectivity index (χ3v) is 5.50. The second-order valence-corrected chi connectivity index (χ2v) is 7.79. The van der Waals surface area contributed by atoms with Crippen LogP contribution in [0.3, 0.4) is 0 Å². The minimum absolute atomic E-state index is 0.0923.